The van der Waals surface area contributed by atoms with Crippen molar-refractivity contribution in [3.8, 4) is 0 Å². The van der Waals surface area contributed by atoms with E-state index in [4.69, 9.17) is 0 Å². The third-order valence-electron chi connectivity index (χ3n) is 3.30. The number of benzene rings is 1. The molecule has 1 aliphatic rings. The van der Waals surface area contributed by atoms with Gasteiger partial charge < -0.3 is 5.32 Å². The molecule has 0 saturated carbocycles. The van der Waals surface area contributed by atoms with Gasteiger partial charge in [0, 0.05) is 12.2 Å². The first kappa shape index (κ1) is 12.8. The highest BCUT2D eigenvalue weighted by atomic mass is 16.1. The van der Waals surface area contributed by atoms with Crippen molar-refractivity contribution in [2.75, 3.05) is 18.4 Å². The molecule has 1 fully saturated rings. The van der Waals surface area contributed by atoms with Crippen LogP contribution in [0.3, 0.4) is 0 Å². The van der Waals surface area contributed by atoms with Gasteiger partial charge in [0.05, 0.1) is 0 Å². The average Bonchev–Trinajstić information content (AvgIpc) is 2.42. The van der Waals surface area contributed by atoms with Gasteiger partial charge in [-0.25, -0.2) is 0 Å². The Kier molecular flexibility index (Phi) is 4.53. The number of carbonyl (C=O) groups excluding carboxylic acids is 1. The number of likely N-dealkylation sites (tertiary alicyclic amines) is 1. The standard InChI is InChI=1S/C15H20N2O/c1-2-15(18)16-14-9-5-4-8-13(14)12-17-10-6-3-7-11-17/h2,4-5,8-9H,1,3,6-7,10-12H2,(H,16,18). The van der Waals surface area contributed by atoms with E-state index in [1.54, 1.807) is 0 Å². The number of nitrogens with one attached hydrogen (secondary N) is 1. The Labute approximate surface area is 108 Å². The number of hydrogen-bond acceptors (Lipinski definition) is 2. The summed E-state index contributed by atoms with van der Waals surface area (Å²) >= 11 is 0. The van der Waals surface area contributed by atoms with E-state index in [1.165, 1.54) is 30.9 Å². The van der Waals surface area contributed by atoms with E-state index in [0.717, 1.165) is 25.3 Å². The van der Waals surface area contributed by atoms with Gasteiger partial charge in [-0.1, -0.05) is 31.2 Å². The van der Waals surface area contributed by atoms with Gasteiger partial charge in [-0.05, 0) is 43.6 Å². The van der Waals surface area contributed by atoms with Crippen LogP contribution in [0.5, 0.6) is 0 Å². The summed E-state index contributed by atoms with van der Waals surface area (Å²) in [4.78, 5) is 13.8. The van der Waals surface area contributed by atoms with Gasteiger partial charge in [0.25, 0.3) is 0 Å². The molecule has 1 amide bonds. The van der Waals surface area contributed by atoms with Gasteiger partial charge in [0.15, 0.2) is 0 Å². The summed E-state index contributed by atoms with van der Waals surface area (Å²) in [7, 11) is 0. The third-order valence-corrected chi connectivity index (χ3v) is 3.30. The number of carbonyl (C=O) groups is 1. The first-order valence-electron chi connectivity index (χ1n) is 6.53. The molecule has 0 radical (unpaired) electrons. The maximum atomic E-state index is 11.4. The molecule has 1 aromatic carbocycles. The molecule has 0 atom stereocenters. The zero-order valence-corrected chi connectivity index (χ0v) is 10.7. The minimum absolute atomic E-state index is 0.152. The molecule has 0 bridgehead atoms. The van der Waals surface area contributed by atoms with Gasteiger partial charge in [-0.3, -0.25) is 9.69 Å². The van der Waals surface area contributed by atoms with Crippen LogP contribution in [0, 0.1) is 0 Å². The van der Waals surface area contributed by atoms with Crippen molar-refractivity contribution in [2.45, 2.75) is 25.8 Å². The van der Waals surface area contributed by atoms with Crippen molar-refractivity contribution < 1.29 is 4.79 Å². The molecule has 0 spiro atoms. The molecule has 1 heterocycles. The summed E-state index contributed by atoms with van der Waals surface area (Å²) in [5.74, 6) is -0.152. The second-order valence-electron chi connectivity index (χ2n) is 4.69. The van der Waals surface area contributed by atoms with Crippen LogP contribution in [0.25, 0.3) is 0 Å². The van der Waals surface area contributed by atoms with Crippen LogP contribution in [-0.4, -0.2) is 23.9 Å². The van der Waals surface area contributed by atoms with Gasteiger partial charge in [-0.15, -0.1) is 0 Å². The van der Waals surface area contributed by atoms with Crippen LogP contribution < -0.4 is 5.32 Å². The lowest BCUT2D eigenvalue weighted by atomic mass is 10.1. The number of amides is 1. The van der Waals surface area contributed by atoms with Crippen molar-refractivity contribution >= 4 is 11.6 Å². The molecule has 96 valence electrons. The molecule has 0 aromatic heterocycles. The van der Waals surface area contributed by atoms with E-state index in [9.17, 15) is 4.79 Å². The van der Waals surface area contributed by atoms with Gasteiger partial charge >= 0.3 is 0 Å². The Morgan fingerprint density at radius 2 is 2.00 bits per heavy atom. The van der Waals surface area contributed by atoms with E-state index >= 15 is 0 Å². The summed E-state index contributed by atoms with van der Waals surface area (Å²) < 4.78 is 0. The Morgan fingerprint density at radius 3 is 2.72 bits per heavy atom. The van der Waals surface area contributed by atoms with E-state index in [-0.39, 0.29) is 5.91 Å². The van der Waals surface area contributed by atoms with E-state index in [1.807, 2.05) is 18.2 Å². The molecule has 3 nitrogen and oxygen atoms in total. The van der Waals surface area contributed by atoms with Crippen molar-refractivity contribution in [1.29, 1.82) is 0 Å². The maximum absolute atomic E-state index is 11.4. The summed E-state index contributed by atoms with van der Waals surface area (Å²) in [5.41, 5.74) is 2.07. The molecule has 1 N–H and O–H groups in total. The second kappa shape index (κ2) is 6.36. The molecule has 1 aliphatic heterocycles. The van der Waals surface area contributed by atoms with Crippen molar-refractivity contribution in [3.63, 3.8) is 0 Å². The number of anilines is 1. The molecule has 3 heteroatoms. The fraction of sp³-hybridized carbons (Fsp3) is 0.400. The van der Waals surface area contributed by atoms with Crippen LogP contribution in [0.2, 0.25) is 0 Å². The van der Waals surface area contributed by atoms with Crippen LogP contribution in [0.15, 0.2) is 36.9 Å². The molecule has 18 heavy (non-hydrogen) atoms. The Bertz CT molecular complexity index is 422. The van der Waals surface area contributed by atoms with Crippen LogP contribution in [0.4, 0.5) is 5.69 Å². The van der Waals surface area contributed by atoms with E-state index in [2.05, 4.69) is 22.9 Å². The maximum Gasteiger partial charge on any atom is 0.247 e. The predicted octanol–water partition coefficient (Wildman–Crippen LogP) is 2.80. The monoisotopic (exact) mass is 244 g/mol. The SMILES string of the molecule is C=CC(=O)Nc1ccccc1CN1CCCCC1. The van der Waals surface area contributed by atoms with Crippen molar-refractivity contribution in [2.24, 2.45) is 0 Å². The number of nitrogens with zero attached hydrogens (tertiary/aromatic N) is 1. The highest BCUT2D eigenvalue weighted by Crippen LogP contribution is 2.19. The summed E-state index contributed by atoms with van der Waals surface area (Å²) in [6.07, 6.45) is 5.20. The lowest BCUT2D eigenvalue weighted by Gasteiger charge is -2.27. The Balaban J connectivity index is 2.06. The zero-order valence-electron chi connectivity index (χ0n) is 10.7. The highest BCUT2D eigenvalue weighted by Gasteiger charge is 2.12. The fourth-order valence-electron chi connectivity index (χ4n) is 2.32. The molecular weight excluding hydrogens is 224 g/mol. The van der Waals surface area contributed by atoms with Crippen LogP contribution in [0.1, 0.15) is 24.8 Å². The quantitative estimate of drug-likeness (QED) is 0.826. The van der Waals surface area contributed by atoms with Gasteiger partial charge in [0.1, 0.15) is 0 Å². The molecule has 0 aliphatic carbocycles. The lowest BCUT2D eigenvalue weighted by Crippen LogP contribution is -2.29. The zero-order chi connectivity index (χ0) is 12.8. The first-order chi connectivity index (χ1) is 8.79. The molecule has 1 aromatic rings. The number of hydrogen-bond donors (Lipinski definition) is 1. The molecule has 0 unspecified atom stereocenters. The van der Waals surface area contributed by atoms with Crippen molar-refractivity contribution in [1.82, 2.24) is 4.90 Å². The van der Waals surface area contributed by atoms with Crippen LogP contribution >= 0.6 is 0 Å². The lowest BCUT2D eigenvalue weighted by molar-refractivity contribution is -0.111. The van der Waals surface area contributed by atoms with E-state index in [0.29, 0.717) is 0 Å². The first-order valence-corrected chi connectivity index (χ1v) is 6.53. The number of para-hydroxylation sites is 1. The van der Waals surface area contributed by atoms with Crippen molar-refractivity contribution in [3.05, 3.63) is 42.5 Å². The van der Waals surface area contributed by atoms with Gasteiger partial charge in [-0.2, -0.15) is 0 Å². The summed E-state index contributed by atoms with van der Waals surface area (Å²) in [6.45, 7) is 6.70. The molecule has 1 saturated heterocycles. The smallest absolute Gasteiger partial charge is 0.247 e. The highest BCUT2D eigenvalue weighted by molar-refractivity contribution is 5.99. The third kappa shape index (κ3) is 3.44. The second-order valence-corrected chi connectivity index (χ2v) is 4.69. The van der Waals surface area contributed by atoms with Gasteiger partial charge in [0.2, 0.25) is 5.91 Å². The Morgan fingerprint density at radius 1 is 1.28 bits per heavy atom. The topological polar surface area (TPSA) is 32.3 Å². The number of piperidine rings is 1. The predicted molar refractivity (Wildman–Crippen MR) is 74.4 cm³/mol. The summed E-state index contributed by atoms with van der Waals surface area (Å²) in [5, 5.41) is 2.87. The molecular formula is C15H20N2O. The Hall–Kier alpha value is -1.61. The fourth-order valence-corrected chi connectivity index (χ4v) is 2.32. The largest absolute Gasteiger partial charge is 0.322 e. The van der Waals surface area contributed by atoms with Crippen LogP contribution in [-0.2, 0) is 11.3 Å². The molecule has 2 rings (SSSR count). The minimum atomic E-state index is -0.152. The average molecular weight is 244 g/mol. The summed E-state index contributed by atoms with van der Waals surface area (Å²) in [6, 6.07) is 7.98. The van der Waals surface area contributed by atoms with E-state index < -0.39 is 0 Å². The number of rotatable bonds is 4. The minimum Gasteiger partial charge on any atom is -0.322 e. The normalized spacial score (nSPS) is 16.2.